The zero-order valence-electron chi connectivity index (χ0n) is 12.3. The first kappa shape index (κ1) is 13.7. The third-order valence-electron chi connectivity index (χ3n) is 3.91. The Balaban J connectivity index is 1.72. The first-order valence-electron chi connectivity index (χ1n) is 7.43. The molecule has 2 N–H and O–H groups in total. The van der Waals surface area contributed by atoms with Crippen molar-refractivity contribution in [1.82, 2.24) is 5.32 Å². The monoisotopic (exact) mass is 280 g/mol. The van der Waals surface area contributed by atoms with E-state index in [-0.39, 0.29) is 5.91 Å². The fourth-order valence-corrected chi connectivity index (χ4v) is 2.71. The van der Waals surface area contributed by atoms with Crippen LogP contribution in [0.1, 0.15) is 33.5 Å². The van der Waals surface area contributed by atoms with Gasteiger partial charge in [-0.25, -0.2) is 0 Å². The maximum absolute atomic E-state index is 12.4. The molecule has 2 aromatic rings. The van der Waals surface area contributed by atoms with Gasteiger partial charge >= 0.3 is 0 Å². The van der Waals surface area contributed by atoms with E-state index in [2.05, 4.69) is 41.8 Å². The summed E-state index contributed by atoms with van der Waals surface area (Å²) in [6.45, 7) is 3.61. The van der Waals surface area contributed by atoms with Crippen LogP contribution >= 0.6 is 0 Å². The van der Waals surface area contributed by atoms with Crippen LogP contribution in [0.3, 0.4) is 0 Å². The van der Waals surface area contributed by atoms with Crippen molar-refractivity contribution in [1.29, 1.82) is 0 Å². The Bertz CT molecular complexity index is 647. The number of benzene rings is 2. The molecule has 0 saturated heterocycles. The van der Waals surface area contributed by atoms with Gasteiger partial charge < -0.3 is 10.6 Å². The van der Waals surface area contributed by atoms with Crippen molar-refractivity contribution in [3.05, 3.63) is 64.7 Å². The van der Waals surface area contributed by atoms with E-state index in [0.29, 0.717) is 6.54 Å². The zero-order valence-corrected chi connectivity index (χ0v) is 12.3. The molecule has 3 rings (SSSR count). The number of fused-ring (bicyclic) bond motifs is 1. The van der Waals surface area contributed by atoms with Crippen molar-refractivity contribution in [2.45, 2.75) is 26.3 Å². The molecule has 0 atom stereocenters. The summed E-state index contributed by atoms with van der Waals surface area (Å²) in [6.07, 6.45) is 2.05. The van der Waals surface area contributed by atoms with Crippen LogP contribution in [0, 0.1) is 6.92 Å². The van der Waals surface area contributed by atoms with Crippen LogP contribution in [0.4, 0.5) is 5.69 Å². The van der Waals surface area contributed by atoms with Gasteiger partial charge in [0.05, 0.1) is 0 Å². The molecule has 0 spiro atoms. The van der Waals surface area contributed by atoms with Crippen LogP contribution in [0.15, 0.2) is 42.5 Å². The van der Waals surface area contributed by atoms with Gasteiger partial charge in [0.2, 0.25) is 0 Å². The molecule has 1 aliphatic heterocycles. The maximum Gasteiger partial charge on any atom is 0.251 e. The number of nitrogens with one attached hydrogen (secondary N) is 2. The predicted octanol–water partition coefficient (Wildman–Crippen LogP) is 3.28. The third kappa shape index (κ3) is 3.07. The van der Waals surface area contributed by atoms with E-state index >= 15 is 0 Å². The van der Waals surface area contributed by atoms with Gasteiger partial charge in [-0.15, -0.1) is 0 Å². The highest BCUT2D eigenvalue weighted by molar-refractivity contribution is 5.97. The molecule has 1 amide bonds. The van der Waals surface area contributed by atoms with Gasteiger partial charge in [0, 0.05) is 24.3 Å². The topological polar surface area (TPSA) is 41.1 Å². The Labute approximate surface area is 125 Å². The van der Waals surface area contributed by atoms with Gasteiger partial charge in [0.15, 0.2) is 0 Å². The Morgan fingerprint density at radius 2 is 2.00 bits per heavy atom. The van der Waals surface area contributed by atoms with E-state index in [1.165, 1.54) is 5.56 Å². The van der Waals surface area contributed by atoms with Gasteiger partial charge in [-0.3, -0.25) is 4.79 Å². The van der Waals surface area contributed by atoms with Crippen molar-refractivity contribution < 1.29 is 4.79 Å². The molecule has 3 heteroatoms. The zero-order chi connectivity index (χ0) is 14.7. The molecule has 21 heavy (non-hydrogen) atoms. The minimum atomic E-state index is 0.0103. The Kier molecular flexibility index (Phi) is 3.91. The summed E-state index contributed by atoms with van der Waals surface area (Å²) in [5.41, 5.74) is 5.39. The SMILES string of the molecule is Cc1ccc(CNC(=O)c2cccc3c2CCCN3)cc1. The van der Waals surface area contributed by atoms with Crippen LogP contribution in [0.5, 0.6) is 0 Å². The van der Waals surface area contributed by atoms with E-state index in [1.807, 2.05) is 18.2 Å². The van der Waals surface area contributed by atoms with Crippen LogP contribution in [-0.2, 0) is 13.0 Å². The van der Waals surface area contributed by atoms with E-state index in [9.17, 15) is 4.79 Å². The van der Waals surface area contributed by atoms with Gasteiger partial charge in [-0.1, -0.05) is 35.9 Å². The number of amides is 1. The summed E-state index contributed by atoms with van der Waals surface area (Å²) in [4.78, 5) is 12.4. The molecule has 3 nitrogen and oxygen atoms in total. The summed E-state index contributed by atoms with van der Waals surface area (Å²) in [5, 5.41) is 6.38. The lowest BCUT2D eigenvalue weighted by atomic mass is 9.97. The first-order valence-corrected chi connectivity index (χ1v) is 7.43. The second-order valence-corrected chi connectivity index (χ2v) is 5.53. The molecule has 0 aromatic heterocycles. The van der Waals surface area contributed by atoms with Crippen LogP contribution < -0.4 is 10.6 Å². The number of anilines is 1. The number of aryl methyl sites for hydroxylation is 1. The lowest BCUT2D eigenvalue weighted by Gasteiger charge is -2.20. The highest BCUT2D eigenvalue weighted by atomic mass is 16.1. The molecular formula is C18H20N2O. The molecule has 0 aliphatic carbocycles. The van der Waals surface area contributed by atoms with E-state index < -0.39 is 0 Å². The third-order valence-corrected chi connectivity index (χ3v) is 3.91. The standard InChI is InChI=1S/C18H20N2O/c1-13-7-9-14(10-8-13)12-20-18(21)16-4-2-6-17-15(16)5-3-11-19-17/h2,4,6-10,19H,3,5,11-12H2,1H3,(H,20,21). The average Bonchev–Trinajstić information content (AvgIpc) is 2.53. The van der Waals surface area contributed by atoms with E-state index in [0.717, 1.165) is 41.8 Å². The second kappa shape index (κ2) is 6.00. The summed E-state index contributed by atoms with van der Waals surface area (Å²) >= 11 is 0. The maximum atomic E-state index is 12.4. The fraction of sp³-hybridized carbons (Fsp3) is 0.278. The van der Waals surface area contributed by atoms with Crippen molar-refractivity contribution >= 4 is 11.6 Å². The number of hydrogen-bond donors (Lipinski definition) is 2. The van der Waals surface area contributed by atoms with Crippen molar-refractivity contribution in [2.75, 3.05) is 11.9 Å². The average molecular weight is 280 g/mol. The van der Waals surface area contributed by atoms with Crippen molar-refractivity contribution in [3.63, 3.8) is 0 Å². The second-order valence-electron chi connectivity index (χ2n) is 5.53. The Morgan fingerprint density at radius 1 is 1.19 bits per heavy atom. The van der Waals surface area contributed by atoms with Gasteiger partial charge in [-0.2, -0.15) is 0 Å². The predicted molar refractivity (Wildman–Crippen MR) is 85.6 cm³/mol. The van der Waals surface area contributed by atoms with Crippen LogP contribution in [0.2, 0.25) is 0 Å². The number of hydrogen-bond acceptors (Lipinski definition) is 2. The van der Waals surface area contributed by atoms with Crippen molar-refractivity contribution in [3.8, 4) is 0 Å². The largest absolute Gasteiger partial charge is 0.385 e. The molecule has 1 aliphatic rings. The van der Waals surface area contributed by atoms with Gasteiger partial charge in [0.1, 0.15) is 0 Å². The summed E-state index contributed by atoms with van der Waals surface area (Å²) in [5.74, 6) is 0.0103. The molecule has 0 unspecified atom stereocenters. The normalized spacial score (nSPS) is 13.2. The lowest BCUT2D eigenvalue weighted by molar-refractivity contribution is 0.0950. The molecule has 1 heterocycles. The minimum Gasteiger partial charge on any atom is -0.385 e. The molecule has 2 aromatic carbocycles. The molecule has 0 saturated carbocycles. The lowest BCUT2D eigenvalue weighted by Crippen LogP contribution is -2.25. The number of carbonyl (C=O) groups is 1. The Morgan fingerprint density at radius 3 is 2.81 bits per heavy atom. The number of rotatable bonds is 3. The molecule has 0 radical (unpaired) electrons. The summed E-state index contributed by atoms with van der Waals surface area (Å²) < 4.78 is 0. The summed E-state index contributed by atoms with van der Waals surface area (Å²) in [7, 11) is 0. The minimum absolute atomic E-state index is 0.0103. The highest BCUT2D eigenvalue weighted by Gasteiger charge is 2.16. The molecule has 108 valence electrons. The summed E-state index contributed by atoms with van der Waals surface area (Å²) in [6, 6.07) is 14.1. The van der Waals surface area contributed by atoms with Crippen LogP contribution in [0.25, 0.3) is 0 Å². The quantitative estimate of drug-likeness (QED) is 0.906. The van der Waals surface area contributed by atoms with Crippen LogP contribution in [-0.4, -0.2) is 12.5 Å². The fourth-order valence-electron chi connectivity index (χ4n) is 2.71. The molecule has 0 bridgehead atoms. The van der Waals surface area contributed by atoms with E-state index in [4.69, 9.17) is 0 Å². The number of carbonyl (C=O) groups excluding carboxylic acids is 1. The van der Waals surface area contributed by atoms with Gasteiger partial charge in [-0.05, 0) is 43.0 Å². The van der Waals surface area contributed by atoms with Gasteiger partial charge in [0.25, 0.3) is 5.91 Å². The smallest absolute Gasteiger partial charge is 0.251 e. The molecule has 0 fully saturated rings. The molecular weight excluding hydrogens is 260 g/mol. The first-order chi connectivity index (χ1) is 10.2. The van der Waals surface area contributed by atoms with E-state index in [1.54, 1.807) is 0 Å². The highest BCUT2D eigenvalue weighted by Crippen LogP contribution is 2.25. The Hall–Kier alpha value is -2.29. The van der Waals surface area contributed by atoms with Crippen molar-refractivity contribution in [2.24, 2.45) is 0 Å².